The summed E-state index contributed by atoms with van der Waals surface area (Å²) in [5.74, 6) is 0.716. The van der Waals surface area contributed by atoms with E-state index in [2.05, 4.69) is 60.4 Å². The van der Waals surface area contributed by atoms with Gasteiger partial charge in [0.15, 0.2) is 0 Å². The predicted molar refractivity (Wildman–Crippen MR) is 94.6 cm³/mol. The number of nitrogens with two attached hydrogens (primary N) is 1. The lowest BCUT2D eigenvalue weighted by Gasteiger charge is -2.34. The van der Waals surface area contributed by atoms with Crippen LogP contribution in [-0.4, -0.2) is 19.6 Å². The lowest BCUT2D eigenvalue weighted by atomic mass is 9.89. The van der Waals surface area contributed by atoms with E-state index in [1.807, 2.05) is 0 Å². The van der Waals surface area contributed by atoms with E-state index >= 15 is 0 Å². The van der Waals surface area contributed by atoms with Crippen LogP contribution >= 0.6 is 0 Å². The third kappa shape index (κ3) is 3.50. The van der Waals surface area contributed by atoms with Gasteiger partial charge in [0.1, 0.15) is 0 Å². The van der Waals surface area contributed by atoms with E-state index < -0.39 is 0 Å². The fraction of sp³-hybridized carbons (Fsp3) is 0.400. The summed E-state index contributed by atoms with van der Waals surface area (Å²) in [5.41, 5.74) is 11.1. The second-order valence-corrected chi connectivity index (χ2v) is 6.38. The minimum Gasteiger partial charge on any atom is -0.371 e. The second-order valence-electron chi connectivity index (χ2n) is 6.38. The smallest absolute Gasteiger partial charge is 0.0366 e. The molecule has 3 rings (SSSR count). The van der Waals surface area contributed by atoms with Gasteiger partial charge in [0, 0.05) is 18.8 Å². The Morgan fingerprint density at radius 1 is 0.955 bits per heavy atom. The van der Waals surface area contributed by atoms with Crippen molar-refractivity contribution in [2.24, 2.45) is 5.73 Å². The van der Waals surface area contributed by atoms with Crippen molar-refractivity contribution in [1.82, 2.24) is 0 Å². The zero-order chi connectivity index (χ0) is 15.4. The van der Waals surface area contributed by atoms with Crippen LogP contribution in [0.5, 0.6) is 0 Å². The van der Waals surface area contributed by atoms with Gasteiger partial charge in [-0.05, 0) is 61.9 Å². The molecule has 2 aromatic rings. The van der Waals surface area contributed by atoms with Crippen LogP contribution in [0, 0.1) is 6.92 Å². The Balaban J connectivity index is 1.60. The van der Waals surface area contributed by atoms with Gasteiger partial charge in [0.05, 0.1) is 0 Å². The standard InChI is InChI=1S/C20H26N2/c1-16-2-6-18(7-3-16)19-11-14-22(15-12-19)20-8-4-17(5-9-20)10-13-21/h2-9,19H,10-15,21H2,1H3. The number of hydrogen-bond donors (Lipinski definition) is 1. The summed E-state index contributed by atoms with van der Waals surface area (Å²) >= 11 is 0. The number of anilines is 1. The Hall–Kier alpha value is -1.80. The van der Waals surface area contributed by atoms with Crippen molar-refractivity contribution in [3.05, 3.63) is 65.2 Å². The molecule has 2 heteroatoms. The van der Waals surface area contributed by atoms with Crippen LogP contribution in [-0.2, 0) is 6.42 Å². The minimum absolute atomic E-state index is 0.716. The molecule has 0 amide bonds. The lowest BCUT2D eigenvalue weighted by molar-refractivity contribution is 0.505. The highest BCUT2D eigenvalue weighted by molar-refractivity contribution is 5.48. The average Bonchev–Trinajstić information content (AvgIpc) is 2.57. The Kier molecular flexibility index (Phi) is 4.79. The first-order valence-electron chi connectivity index (χ1n) is 8.37. The number of rotatable bonds is 4. The summed E-state index contributed by atoms with van der Waals surface area (Å²) in [4.78, 5) is 2.51. The van der Waals surface area contributed by atoms with Crippen molar-refractivity contribution in [2.75, 3.05) is 24.5 Å². The summed E-state index contributed by atoms with van der Waals surface area (Å²) in [6.07, 6.45) is 3.46. The molecule has 1 saturated heterocycles. The highest BCUT2D eigenvalue weighted by Crippen LogP contribution is 2.30. The molecule has 2 aromatic carbocycles. The molecule has 2 nitrogen and oxygen atoms in total. The number of aryl methyl sites for hydroxylation is 1. The third-order valence-electron chi connectivity index (χ3n) is 4.78. The van der Waals surface area contributed by atoms with E-state index in [4.69, 9.17) is 5.73 Å². The molecule has 0 aliphatic carbocycles. The molecule has 0 saturated carbocycles. The van der Waals surface area contributed by atoms with Crippen LogP contribution in [0.4, 0.5) is 5.69 Å². The Bertz CT molecular complexity index is 578. The first kappa shape index (κ1) is 15.1. The maximum Gasteiger partial charge on any atom is 0.0366 e. The summed E-state index contributed by atoms with van der Waals surface area (Å²) < 4.78 is 0. The maximum absolute atomic E-state index is 5.61. The van der Waals surface area contributed by atoms with E-state index in [9.17, 15) is 0 Å². The fourth-order valence-electron chi connectivity index (χ4n) is 3.35. The number of hydrogen-bond acceptors (Lipinski definition) is 2. The highest BCUT2D eigenvalue weighted by Gasteiger charge is 2.20. The van der Waals surface area contributed by atoms with Crippen molar-refractivity contribution >= 4 is 5.69 Å². The molecule has 116 valence electrons. The largest absolute Gasteiger partial charge is 0.371 e. The quantitative estimate of drug-likeness (QED) is 0.927. The Morgan fingerprint density at radius 2 is 1.59 bits per heavy atom. The second kappa shape index (κ2) is 6.97. The minimum atomic E-state index is 0.716. The molecular formula is C20H26N2. The van der Waals surface area contributed by atoms with Crippen molar-refractivity contribution in [3.63, 3.8) is 0 Å². The topological polar surface area (TPSA) is 29.3 Å². The van der Waals surface area contributed by atoms with Gasteiger partial charge in [-0.3, -0.25) is 0 Å². The predicted octanol–water partition coefficient (Wildman–Crippen LogP) is 3.88. The van der Waals surface area contributed by atoms with Gasteiger partial charge in [-0.2, -0.15) is 0 Å². The Morgan fingerprint density at radius 3 is 2.18 bits per heavy atom. The van der Waals surface area contributed by atoms with Crippen molar-refractivity contribution < 1.29 is 0 Å². The molecular weight excluding hydrogens is 268 g/mol. The maximum atomic E-state index is 5.61. The summed E-state index contributed by atoms with van der Waals surface area (Å²) in [6.45, 7) is 5.17. The molecule has 2 N–H and O–H groups in total. The average molecular weight is 294 g/mol. The van der Waals surface area contributed by atoms with Gasteiger partial charge in [-0.15, -0.1) is 0 Å². The third-order valence-corrected chi connectivity index (χ3v) is 4.78. The first-order chi connectivity index (χ1) is 10.8. The van der Waals surface area contributed by atoms with Crippen molar-refractivity contribution in [1.29, 1.82) is 0 Å². The number of nitrogens with zero attached hydrogens (tertiary/aromatic N) is 1. The normalized spacial score (nSPS) is 16.0. The molecule has 0 atom stereocenters. The van der Waals surface area contributed by atoms with E-state index in [1.54, 1.807) is 0 Å². The van der Waals surface area contributed by atoms with Crippen molar-refractivity contribution in [3.8, 4) is 0 Å². The van der Waals surface area contributed by atoms with E-state index in [-0.39, 0.29) is 0 Å². The summed E-state index contributed by atoms with van der Waals surface area (Å²) in [5, 5.41) is 0. The van der Waals surface area contributed by atoms with Gasteiger partial charge >= 0.3 is 0 Å². The van der Waals surface area contributed by atoms with Gasteiger partial charge in [-0.25, -0.2) is 0 Å². The molecule has 0 aromatic heterocycles. The molecule has 1 fully saturated rings. The van der Waals surface area contributed by atoms with Crippen molar-refractivity contribution in [2.45, 2.75) is 32.1 Å². The summed E-state index contributed by atoms with van der Waals surface area (Å²) in [7, 11) is 0. The van der Waals surface area contributed by atoms with E-state index in [0.29, 0.717) is 5.92 Å². The van der Waals surface area contributed by atoms with Crippen LogP contribution in [0.25, 0.3) is 0 Å². The fourth-order valence-corrected chi connectivity index (χ4v) is 3.35. The van der Waals surface area contributed by atoms with E-state index in [1.165, 1.54) is 35.2 Å². The number of piperidine rings is 1. The van der Waals surface area contributed by atoms with Gasteiger partial charge in [0.25, 0.3) is 0 Å². The van der Waals surface area contributed by atoms with Crippen LogP contribution in [0.1, 0.15) is 35.4 Å². The highest BCUT2D eigenvalue weighted by atomic mass is 15.1. The van der Waals surface area contributed by atoms with Crippen LogP contribution in [0.3, 0.4) is 0 Å². The van der Waals surface area contributed by atoms with Crippen LogP contribution < -0.4 is 10.6 Å². The molecule has 1 aliphatic heterocycles. The van der Waals surface area contributed by atoms with E-state index in [0.717, 1.165) is 26.1 Å². The first-order valence-corrected chi connectivity index (χ1v) is 8.37. The Labute approximate surface area is 134 Å². The molecule has 1 aliphatic rings. The van der Waals surface area contributed by atoms with Gasteiger partial charge in [-0.1, -0.05) is 42.0 Å². The zero-order valence-electron chi connectivity index (χ0n) is 13.5. The van der Waals surface area contributed by atoms with Crippen LogP contribution in [0.15, 0.2) is 48.5 Å². The van der Waals surface area contributed by atoms with Crippen LogP contribution in [0.2, 0.25) is 0 Å². The summed E-state index contributed by atoms with van der Waals surface area (Å²) in [6, 6.07) is 18.0. The molecule has 0 bridgehead atoms. The zero-order valence-corrected chi connectivity index (χ0v) is 13.5. The van der Waals surface area contributed by atoms with Gasteiger partial charge in [0.2, 0.25) is 0 Å². The molecule has 0 spiro atoms. The molecule has 22 heavy (non-hydrogen) atoms. The lowest BCUT2D eigenvalue weighted by Crippen LogP contribution is -2.32. The van der Waals surface area contributed by atoms with Gasteiger partial charge < -0.3 is 10.6 Å². The monoisotopic (exact) mass is 294 g/mol. The molecule has 1 heterocycles. The SMILES string of the molecule is Cc1ccc(C2CCN(c3ccc(CCN)cc3)CC2)cc1. The number of benzene rings is 2. The molecule has 0 unspecified atom stereocenters. The molecule has 0 radical (unpaired) electrons.